The van der Waals surface area contributed by atoms with Gasteiger partial charge in [0.25, 0.3) is 0 Å². The number of rotatable bonds is 3. The minimum Gasteiger partial charge on any atom is -0.466 e. The molecule has 21 heavy (non-hydrogen) atoms. The van der Waals surface area contributed by atoms with Crippen molar-refractivity contribution in [3.8, 4) is 0 Å². The van der Waals surface area contributed by atoms with Gasteiger partial charge in [0.05, 0.1) is 24.4 Å². The van der Waals surface area contributed by atoms with E-state index in [2.05, 4.69) is 15.0 Å². The molecule has 0 aliphatic carbocycles. The first-order valence-electron chi connectivity index (χ1n) is 7.21. The highest BCUT2D eigenvalue weighted by Crippen LogP contribution is 2.24. The molecule has 7 nitrogen and oxygen atoms in total. The number of aromatic nitrogens is 3. The van der Waals surface area contributed by atoms with Crippen molar-refractivity contribution in [2.75, 3.05) is 30.3 Å². The van der Waals surface area contributed by atoms with Crippen molar-refractivity contribution in [3.05, 3.63) is 18.3 Å². The predicted molar refractivity (Wildman–Crippen MR) is 79.0 cm³/mol. The van der Waals surface area contributed by atoms with Crippen molar-refractivity contribution < 1.29 is 9.53 Å². The van der Waals surface area contributed by atoms with Crippen LogP contribution in [0.25, 0.3) is 5.65 Å². The van der Waals surface area contributed by atoms with E-state index in [0.29, 0.717) is 13.2 Å². The minimum atomic E-state index is -0.103. The summed E-state index contributed by atoms with van der Waals surface area (Å²) in [5.41, 5.74) is 7.33. The number of piperidine rings is 1. The van der Waals surface area contributed by atoms with Crippen molar-refractivity contribution in [2.24, 2.45) is 5.92 Å². The predicted octanol–water partition coefficient (Wildman–Crippen LogP) is 1.09. The Labute approximate surface area is 122 Å². The lowest BCUT2D eigenvalue weighted by molar-refractivity contribution is -0.148. The van der Waals surface area contributed by atoms with Gasteiger partial charge >= 0.3 is 5.97 Å². The number of nitrogens with zero attached hydrogens (tertiary/aromatic N) is 4. The third-order valence-electron chi connectivity index (χ3n) is 3.74. The molecule has 1 saturated heterocycles. The van der Waals surface area contributed by atoms with Gasteiger partial charge in [-0.3, -0.25) is 4.79 Å². The Kier molecular flexibility index (Phi) is 3.64. The summed E-state index contributed by atoms with van der Waals surface area (Å²) < 4.78 is 6.79. The zero-order valence-electron chi connectivity index (χ0n) is 12.0. The van der Waals surface area contributed by atoms with Gasteiger partial charge in [-0.25, -0.2) is 4.52 Å². The lowest BCUT2D eigenvalue weighted by atomic mass is 9.98. The van der Waals surface area contributed by atoms with Gasteiger partial charge in [0.1, 0.15) is 0 Å². The number of nitrogen functional groups attached to an aromatic ring is 1. The molecule has 112 valence electrons. The van der Waals surface area contributed by atoms with Gasteiger partial charge in [0, 0.05) is 13.1 Å². The molecule has 0 radical (unpaired) electrons. The van der Waals surface area contributed by atoms with Gasteiger partial charge in [-0.05, 0) is 31.9 Å². The summed E-state index contributed by atoms with van der Waals surface area (Å²) in [7, 11) is 0. The third kappa shape index (κ3) is 2.76. The van der Waals surface area contributed by atoms with E-state index in [4.69, 9.17) is 10.5 Å². The largest absolute Gasteiger partial charge is 0.466 e. The van der Waals surface area contributed by atoms with Crippen LogP contribution >= 0.6 is 0 Å². The number of esters is 1. The maximum Gasteiger partial charge on any atom is 0.310 e. The van der Waals surface area contributed by atoms with E-state index in [9.17, 15) is 4.79 Å². The fourth-order valence-corrected chi connectivity index (χ4v) is 2.74. The number of carbonyl (C=O) groups excluding carboxylic acids is 1. The molecular formula is C14H19N5O2. The number of hydrogen-bond acceptors (Lipinski definition) is 6. The second kappa shape index (κ2) is 5.59. The fourth-order valence-electron chi connectivity index (χ4n) is 2.74. The second-order valence-corrected chi connectivity index (χ2v) is 5.20. The van der Waals surface area contributed by atoms with Crippen LogP contribution in [0.2, 0.25) is 0 Å². The van der Waals surface area contributed by atoms with E-state index >= 15 is 0 Å². The van der Waals surface area contributed by atoms with E-state index < -0.39 is 0 Å². The van der Waals surface area contributed by atoms with Crippen molar-refractivity contribution in [3.63, 3.8) is 0 Å². The van der Waals surface area contributed by atoms with Crippen LogP contribution in [0.1, 0.15) is 19.8 Å². The highest BCUT2D eigenvalue weighted by atomic mass is 16.5. The average molecular weight is 289 g/mol. The summed E-state index contributed by atoms with van der Waals surface area (Å²) in [6.07, 6.45) is 3.75. The van der Waals surface area contributed by atoms with E-state index in [1.165, 1.54) is 0 Å². The van der Waals surface area contributed by atoms with Gasteiger partial charge in [-0.15, -0.1) is 5.10 Å². The number of nitrogens with two attached hydrogens (primary N) is 1. The molecule has 1 fully saturated rings. The quantitative estimate of drug-likeness (QED) is 0.851. The molecule has 1 unspecified atom stereocenters. The van der Waals surface area contributed by atoms with Crippen LogP contribution in [0, 0.1) is 5.92 Å². The highest BCUT2D eigenvalue weighted by Gasteiger charge is 2.27. The van der Waals surface area contributed by atoms with E-state index in [-0.39, 0.29) is 17.8 Å². The Morgan fingerprint density at radius 3 is 3.19 bits per heavy atom. The first-order valence-corrected chi connectivity index (χ1v) is 7.21. The molecule has 0 amide bonds. The minimum absolute atomic E-state index is 0.0600. The summed E-state index contributed by atoms with van der Waals surface area (Å²) in [5.74, 6) is 0.0960. The van der Waals surface area contributed by atoms with Crippen molar-refractivity contribution in [1.82, 2.24) is 14.6 Å². The highest BCUT2D eigenvalue weighted by molar-refractivity contribution is 5.73. The molecule has 3 rings (SSSR count). The molecule has 2 aromatic heterocycles. The van der Waals surface area contributed by atoms with Crippen molar-refractivity contribution in [1.29, 1.82) is 0 Å². The van der Waals surface area contributed by atoms with Crippen LogP contribution in [0.15, 0.2) is 18.3 Å². The topological polar surface area (TPSA) is 85.8 Å². The zero-order valence-corrected chi connectivity index (χ0v) is 12.0. The molecule has 0 spiro atoms. The first-order chi connectivity index (χ1) is 10.2. The van der Waals surface area contributed by atoms with Gasteiger partial charge in [-0.1, -0.05) is 0 Å². The zero-order chi connectivity index (χ0) is 14.8. The van der Waals surface area contributed by atoms with Gasteiger partial charge in [0.15, 0.2) is 5.65 Å². The van der Waals surface area contributed by atoms with Crippen molar-refractivity contribution >= 4 is 23.3 Å². The Morgan fingerprint density at radius 1 is 1.52 bits per heavy atom. The van der Waals surface area contributed by atoms with Gasteiger partial charge in [0.2, 0.25) is 5.95 Å². The molecule has 0 saturated carbocycles. The molecule has 1 atom stereocenters. The summed E-state index contributed by atoms with van der Waals surface area (Å²) in [6.45, 7) is 3.86. The Bertz CT molecular complexity index is 654. The molecule has 0 aromatic carbocycles. The molecule has 0 bridgehead atoms. The van der Waals surface area contributed by atoms with Gasteiger partial charge < -0.3 is 15.4 Å². The lowest BCUT2D eigenvalue weighted by Crippen LogP contribution is -2.39. The van der Waals surface area contributed by atoms with Crippen LogP contribution in [0.3, 0.4) is 0 Å². The van der Waals surface area contributed by atoms with Crippen LogP contribution in [0.4, 0.5) is 11.6 Å². The molecule has 3 heterocycles. The van der Waals surface area contributed by atoms with Crippen LogP contribution in [0.5, 0.6) is 0 Å². The van der Waals surface area contributed by atoms with Crippen molar-refractivity contribution in [2.45, 2.75) is 19.8 Å². The maximum absolute atomic E-state index is 11.9. The monoisotopic (exact) mass is 289 g/mol. The Hall–Kier alpha value is -2.31. The van der Waals surface area contributed by atoms with E-state index in [0.717, 1.165) is 30.7 Å². The smallest absolute Gasteiger partial charge is 0.310 e. The Morgan fingerprint density at radius 2 is 2.38 bits per heavy atom. The normalized spacial score (nSPS) is 18.9. The van der Waals surface area contributed by atoms with E-state index in [1.54, 1.807) is 4.52 Å². The SMILES string of the molecule is CCOC(=O)C1CCCN(c2ccc3nc(N)nn3c2)C1. The standard InChI is InChI=1S/C14H19N5O2/c1-2-21-13(20)10-4-3-7-18(8-10)11-5-6-12-16-14(15)17-19(12)9-11/h5-6,9-10H,2-4,7-8H2,1H3,(H2,15,17). The average Bonchev–Trinajstić information content (AvgIpc) is 2.86. The maximum atomic E-state index is 11.9. The third-order valence-corrected chi connectivity index (χ3v) is 3.74. The number of hydrogen-bond donors (Lipinski definition) is 1. The fraction of sp³-hybridized carbons (Fsp3) is 0.500. The molecule has 2 N–H and O–H groups in total. The summed E-state index contributed by atoms with van der Waals surface area (Å²) in [4.78, 5) is 18.2. The number of ether oxygens (including phenoxy) is 1. The summed E-state index contributed by atoms with van der Waals surface area (Å²) >= 11 is 0. The molecule has 1 aliphatic heterocycles. The van der Waals surface area contributed by atoms with Crippen LogP contribution in [-0.2, 0) is 9.53 Å². The molecular weight excluding hydrogens is 270 g/mol. The van der Waals surface area contributed by atoms with Crippen LogP contribution < -0.4 is 10.6 Å². The lowest BCUT2D eigenvalue weighted by Gasteiger charge is -2.33. The second-order valence-electron chi connectivity index (χ2n) is 5.20. The summed E-state index contributed by atoms with van der Waals surface area (Å²) in [5, 5.41) is 4.12. The van der Waals surface area contributed by atoms with E-state index in [1.807, 2.05) is 25.3 Å². The number of anilines is 2. The first kappa shape index (κ1) is 13.7. The van der Waals surface area contributed by atoms with Crippen LogP contribution in [-0.4, -0.2) is 40.3 Å². The molecule has 7 heteroatoms. The molecule has 1 aliphatic rings. The number of pyridine rings is 1. The molecule has 2 aromatic rings. The summed E-state index contributed by atoms with van der Waals surface area (Å²) in [6, 6.07) is 3.86. The van der Waals surface area contributed by atoms with Gasteiger partial charge in [-0.2, -0.15) is 4.98 Å². The Balaban J connectivity index is 1.79. The number of fused-ring (bicyclic) bond motifs is 1. The number of carbonyl (C=O) groups is 1.